The van der Waals surface area contributed by atoms with E-state index in [-0.39, 0.29) is 0 Å². The van der Waals surface area contributed by atoms with Crippen LogP contribution in [0.4, 0.5) is 0 Å². The second-order valence-corrected chi connectivity index (χ2v) is 5.80. The molecule has 1 saturated carbocycles. The van der Waals surface area contributed by atoms with Gasteiger partial charge in [-0.3, -0.25) is 0 Å². The van der Waals surface area contributed by atoms with Crippen LogP contribution in [0.25, 0.3) is 0 Å². The SMILES string of the molecule is CCNC(CCc1ccc(C)cc1)CCC1CC1. The molecule has 0 heterocycles. The van der Waals surface area contributed by atoms with Crippen molar-refractivity contribution >= 4 is 0 Å². The summed E-state index contributed by atoms with van der Waals surface area (Å²) >= 11 is 0. The number of hydrogen-bond acceptors (Lipinski definition) is 1. The van der Waals surface area contributed by atoms with E-state index in [4.69, 9.17) is 0 Å². The minimum atomic E-state index is 0.719. The molecule has 1 fully saturated rings. The molecule has 1 aromatic rings. The Bertz CT molecular complexity index is 337. The van der Waals surface area contributed by atoms with Gasteiger partial charge in [0.15, 0.2) is 0 Å². The van der Waals surface area contributed by atoms with Gasteiger partial charge in [0.1, 0.15) is 0 Å². The second kappa shape index (κ2) is 6.94. The molecule has 1 unspecified atom stereocenters. The Morgan fingerprint density at radius 2 is 1.89 bits per heavy atom. The molecule has 0 radical (unpaired) electrons. The maximum Gasteiger partial charge on any atom is 0.00702 e. The molecule has 1 heteroatoms. The van der Waals surface area contributed by atoms with Crippen molar-refractivity contribution in [2.75, 3.05) is 6.54 Å². The van der Waals surface area contributed by atoms with Gasteiger partial charge in [0.05, 0.1) is 0 Å². The Kier molecular flexibility index (Phi) is 5.25. The third-order valence-electron chi connectivity index (χ3n) is 4.02. The van der Waals surface area contributed by atoms with Crippen molar-refractivity contribution in [3.8, 4) is 0 Å². The molecule has 1 aliphatic rings. The first-order valence-corrected chi connectivity index (χ1v) is 7.57. The van der Waals surface area contributed by atoms with Crippen LogP contribution in [0.2, 0.25) is 0 Å². The summed E-state index contributed by atoms with van der Waals surface area (Å²) in [5.41, 5.74) is 2.84. The molecule has 1 N–H and O–H groups in total. The molecule has 1 atom stereocenters. The highest BCUT2D eigenvalue weighted by molar-refractivity contribution is 5.21. The first-order chi connectivity index (χ1) is 8.78. The number of aryl methyl sites for hydroxylation is 2. The molecule has 1 aliphatic carbocycles. The number of benzene rings is 1. The largest absolute Gasteiger partial charge is 0.314 e. The van der Waals surface area contributed by atoms with Crippen molar-refractivity contribution in [2.45, 2.75) is 58.4 Å². The molecule has 0 aliphatic heterocycles. The summed E-state index contributed by atoms with van der Waals surface area (Å²) in [6, 6.07) is 9.72. The lowest BCUT2D eigenvalue weighted by molar-refractivity contribution is 0.440. The van der Waals surface area contributed by atoms with Crippen LogP contribution >= 0.6 is 0 Å². The highest BCUT2D eigenvalue weighted by Gasteiger charge is 2.22. The Hall–Kier alpha value is -0.820. The second-order valence-electron chi connectivity index (χ2n) is 5.80. The third-order valence-corrected chi connectivity index (χ3v) is 4.02. The summed E-state index contributed by atoms with van der Waals surface area (Å²) in [6.07, 6.45) is 8.26. The minimum Gasteiger partial charge on any atom is -0.314 e. The van der Waals surface area contributed by atoms with Gasteiger partial charge < -0.3 is 5.32 Å². The average molecular weight is 245 g/mol. The van der Waals surface area contributed by atoms with Gasteiger partial charge in [0.2, 0.25) is 0 Å². The minimum absolute atomic E-state index is 0.719. The van der Waals surface area contributed by atoms with Gasteiger partial charge in [-0.15, -0.1) is 0 Å². The van der Waals surface area contributed by atoms with Gasteiger partial charge in [0.25, 0.3) is 0 Å². The zero-order chi connectivity index (χ0) is 12.8. The fourth-order valence-corrected chi connectivity index (χ4v) is 2.58. The molecule has 0 bridgehead atoms. The molecule has 0 aromatic heterocycles. The lowest BCUT2D eigenvalue weighted by Gasteiger charge is -2.17. The van der Waals surface area contributed by atoms with Crippen LogP contribution in [-0.2, 0) is 6.42 Å². The van der Waals surface area contributed by atoms with Crippen molar-refractivity contribution in [2.24, 2.45) is 5.92 Å². The lowest BCUT2D eigenvalue weighted by atomic mass is 10.00. The molecule has 0 spiro atoms. The van der Waals surface area contributed by atoms with Crippen LogP contribution in [0.15, 0.2) is 24.3 Å². The first-order valence-electron chi connectivity index (χ1n) is 7.57. The molecule has 1 nitrogen and oxygen atoms in total. The van der Waals surface area contributed by atoms with Crippen LogP contribution in [0.5, 0.6) is 0 Å². The number of hydrogen-bond donors (Lipinski definition) is 1. The topological polar surface area (TPSA) is 12.0 Å². The molecule has 0 saturated heterocycles. The molecule has 2 rings (SSSR count). The van der Waals surface area contributed by atoms with Crippen molar-refractivity contribution < 1.29 is 0 Å². The monoisotopic (exact) mass is 245 g/mol. The number of nitrogens with one attached hydrogen (secondary N) is 1. The highest BCUT2D eigenvalue weighted by atomic mass is 14.9. The quantitative estimate of drug-likeness (QED) is 0.727. The van der Waals surface area contributed by atoms with E-state index >= 15 is 0 Å². The first kappa shape index (κ1) is 13.6. The Labute approximate surface area is 112 Å². The molecule has 1 aromatic carbocycles. The van der Waals surface area contributed by atoms with Crippen LogP contribution in [0.3, 0.4) is 0 Å². The number of rotatable bonds is 8. The lowest BCUT2D eigenvalue weighted by Crippen LogP contribution is -2.29. The highest BCUT2D eigenvalue weighted by Crippen LogP contribution is 2.34. The van der Waals surface area contributed by atoms with Gasteiger partial charge in [-0.2, -0.15) is 0 Å². The van der Waals surface area contributed by atoms with Crippen LogP contribution in [0, 0.1) is 12.8 Å². The predicted octanol–water partition coefficient (Wildman–Crippen LogP) is 4.10. The van der Waals surface area contributed by atoms with Gasteiger partial charge >= 0.3 is 0 Å². The maximum absolute atomic E-state index is 3.65. The van der Waals surface area contributed by atoms with E-state index in [1.165, 1.54) is 49.7 Å². The standard InChI is InChI=1S/C17H27N/c1-3-18-17(13-11-16-8-9-16)12-10-15-6-4-14(2)5-7-15/h4-7,16-18H,3,8-13H2,1-2H3. The van der Waals surface area contributed by atoms with E-state index in [0.29, 0.717) is 0 Å². The van der Waals surface area contributed by atoms with Crippen molar-refractivity contribution in [1.29, 1.82) is 0 Å². The van der Waals surface area contributed by atoms with Crippen LogP contribution < -0.4 is 5.32 Å². The Balaban J connectivity index is 1.74. The van der Waals surface area contributed by atoms with Gasteiger partial charge in [0, 0.05) is 6.04 Å². The van der Waals surface area contributed by atoms with E-state index in [2.05, 4.69) is 43.4 Å². The van der Waals surface area contributed by atoms with Crippen LogP contribution in [0.1, 0.15) is 50.2 Å². The van der Waals surface area contributed by atoms with E-state index < -0.39 is 0 Å². The summed E-state index contributed by atoms with van der Waals surface area (Å²) in [5.74, 6) is 1.06. The summed E-state index contributed by atoms with van der Waals surface area (Å²) < 4.78 is 0. The van der Waals surface area contributed by atoms with Gasteiger partial charge in [-0.1, -0.05) is 49.6 Å². The molecule has 100 valence electrons. The molecule has 0 amide bonds. The molecule has 18 heavy (non-hydrogen) atoms. The smallest absolute Gasteiger partial charge is 0.00702 e. The fourth-order valence-electron chi connectivity index (χ4n) is 2.58. The zero-order valence-corrected chi connectivity index (χ0v) is 11.9. The van der Waals surface area contributed by atoms with Crippen molar-refractivity contribution in [3.63, 3.8) is 0 Å². The molecular formula is C17H27N. The van der Waals surface area contributed by atoms with Crippen molar-refractivity contribution in [3.05, 3.63) is 35.4 Å². The van der Waals surface area contributed by atoms with Crippen LogP contribution in [-0.4, -0.2) is 12.6 Å². The van der Waals surface area contributed by atoms with Crippen molar-refractivity contribution in [1.82, 2.24) is 5.32 Å². The van der Waals surface area contributed by atoms with E-state index in [0.717, 1.165) is 18.5 Å². The fraction of sp³-hybridized carbons (Fsp3) is 0.647. The van der Waals surface area contributed by atoms with E-state index in [1.807, 2.05) is 0 Å². The van der Waals surface area contributed by atoms with Gasteiger partial charge in [-0.25, -0.2) is 0 Å². The van der Waals surface area contributed by atoms with E-state index in [1.54, 1.807) is 0 Å². The van der Waals surface area contributed by atoms with Gasteiger partial charge in [-0.05, 0) is 50.6 Å². The zero-order valence-electron chi connectivity index (χ0n) is 11.9. The molecular weight excluding hydrogens is 218 g/mol. The maximum atomic E-state index is 3.65. The predicted molar refractivity (Wildman–Crippen MR) is 78.9 cm³/mol. The Morgan fingerprint density at radius 1 is 1.17 bits per heavy atom. The summed E-state index contributed by atoms with van der Waals surface area (Å²) in [6.45, 7) is 5.47. The summed E-state index contributed by atoms with van der Waals surface area (Å²) in [4.78, 5) is 0. The third kappa shape index (κ3) is 4.81. The average Bonchev–Trinajstić information content (AvgIpc) is 3.19. The van der Waals surface area contributed by atoms with E-state index in [9.17, 15) is 0 Å². The summed E-state index contributed by atoms with van der Waals surface area (Å²) in [5, 5.41) is 3.65. The normalized spacial score (nSPS) is 16.8. The summed E-state index contributed by atoms with van der Waals surface area (Å²) in [7, 11) is 0. The Morgan fingerprint density at radius 3 is 2.50 bits per heavy atom.